The number of carboxylic acid groups (broad SMARTS) is 1. The summed E-state index contributed by atoms with van der Waals surface area (Å²) in [6.45, 7) is 4.88. The topological polar surface area (TPSA) is 82.6 Å². The lowest BCUT2D eigenvalue weighted by Gasteiger charge is -2.37. The van der Waals surface area contributed by atoms with Gasteiger partial charge in [0.1, 0.15) is 5.69 Å². The molecular weight excluding hydrogens is 236 g/mol. The van der Waals surface area contributed by atoms with E-state index in [-0.39, 0.29) is 23.7 Å². The van der Waals surface area contributed by atoms with Crippen LogP contribution in [0.5, 0.6) is 0 Å². The Labute approximate surface area is 105 Å². The molecule has 1 aliphatic rings. The van der Waals surface area contributed by atoms with E-state index in [1.165, 1.54) is 12.3 Å². The van der Waals surface area contributed by atoms with E-state index in [0.717, 1.165) is 0 Å². The largest absolute Gasteiger partial charge is 0.477 e. The fourth-order valence-corrected chi connectivity index (χ4v) is 2.03. The molecule has 6 heteroatoms. The number of hydrogen-bond acceptors (Lipinski definition) is 3. The van der Waals surface area contributed by atoms with Gasteiger partial charge in [0.15, 0.2) is 0 Å². The van der Waals surface area contributed by atoms with Crippen LogP contribution in [-0.4, -0.2) is 52.2 Å². The summed E-state index contributed by atoms with van der Waals surface area (Å²) in [4.78, 5) is 27.3. The van der Waals surface area contributed by atoms with Crippen LogP contribution < -0.4 is 0 Å². The molecule has 0 spiro atoms. The smallest absolute Gasteiger partial charge is 0.352 e. The van der Waals surface area contributed by atoms with Gasteiger partial charge in [-0.05, 0) is 19.9 Å². The van der Waals surface area contributed by atoms with Crippen molar-refractivity contribution in [2.75, 3.05) is 13.2 Å². The highest BCUT2D eigenvalue weighted by Crippen LogP contribution is 2.17. The molecule has 0 saturated carbocycles. The molecule has 1 aromatic heterocycles. The van der Waals surface area contributed by atoms with E-state index in [1.54, 1.807) is 4.90 Å². The zero-order valence-corrected chi connectivity index (χ0v) is 10.3. The van der Waals surface area contributed by atoms with Crippen LogP contribution in [0.25, 0.3) is 0 Å². The van der Waals surface area contributed by atoms with Gasteiger partial charge in [0.05, 0.1) is 24.3 Å². The van der Waals surface area contributed by atoms with Gasteiger partial charge >= 0.3 is 5.97 Å². The molecule has 6 nitrogen and oxygen atoms in total. The van der Waals surface area contributed by atoms with Gasteiger partial charge in [-0.15, -0.1) is 0 Å². The predicted molar refractivity (Wildman–Crippen MR) is 63.7 cm³/mol. The number of ether oxygens (including phenoxy) is 1. The first kappa shape index (κ1) is 12.6. The number of carbonyl (C=O) groups is 2. The first-order valence-electron chi connectivity index (χ1n) is 5.85. The Morgan fingerprint density at radius 2 is 2.22 bits per heavy atom. The highest BCUT2D eigenvalue weighted by atomic mass is 16.5. The summed E-state index contributed by atoms with van der Waals surface area (Å²) in [6.07, 6.45) is 1.42. The second kappa shape index (κ2) is 4.81. The van der Waals surface area contributed by atoms with Gasteiger partial charge in [0, 0.05) is 12.7 Å². The first-order chi connectivity index (χ1) is 8.50. The van der Waals surface area contributed by atoms with Crippen molar-refractivity contribution in [2.24, 2.45) is 0 Å². The summed E-state index contributed by atoms with van der Waals surface area (Å²) in [7, 11) is 0. The number of amides is 1. The van der Waals surface area contributed by atoms with Crippen molar-refractivity contribution in [1.29, 1.82) is 0 Å². The molecule has 2 rings (SSSR count). The van der Waals surface area contributed by atoms with Gasteiger partial charge in [-0.2, -0.15) is 0 Å². The first-order valence-corrected chi connectivity index (χ1v) is 5.85. The van der Waals surface area contributed by atoms with Crippen molar-refractivity contribution < 1.29 is 19.4 Å². The number of carboxylic acids is 1. The lowest BCUT2D eigenvalue weighted by Crippen LogP contribution is -2.51. The molecule has 2 unspecified atom stereocenters. The predicted octanol–water partition coefficient (Wildman–Crippen LogP) is 0.962. The third-order valence-corrected chi connectivity index (χ3v) is 3.31. The standard InChI is InChI=1S/C12H16N2O4/c1-7-8(2)18-4-3-14(7)11(15)9-5-10(12(16)17)13-6-9/h5-8,13H,3-4H2,1-2H3,(H,16,17). The van der Waals surface area contributed by atoms with E-state index >= 15 is 0 Å². The molecule has 0 radical (unpaired) electrons. The van der Waals surface area contributed by atoms with Crippen LogP contribution in [-0.2, 0) is 4.74 Å². The zero-order valence-electron chi connectivity index (χ0n) is 10.3. The van der Waals surface area contributed by atoms with Crippen LogP contribution in [0, 0.1) is 0 Å². The maximum atomic E-state index is 12.2. The van der Waals surface area contributed by atoms with E-state index < -0.39 is 5.97 Å². The number of morpholine rings is 1. The average Bonchev–Trinajstić information content (AvgIpc) is 2.81. The Morgan fingerprint density at radius 3 is 2.83 bits per heavy atom. The fourth-order valence-electron chi connectivity index (χ4n) is 2.03. The summed E-state index contributed by atoms with van der Waals surface area (Å²) in [5.41, 5.74) is 0.390. The van der Waals surface area contributed by atoms with Crippen molar-refractivity contribution in [1.82, 2.24) is 9.88 Å². The third kappa shape index (κ3) is 2.24. The second-order valence-corrected chi connectivity index (χ2v) is 4.42. The second-order valence-electron chi connectivity index (χ2n) is 4.42. The molecule has 1 amide bonds. The van der Waals surface area contributed by atoms with Crippen LogP contribution in [0.4, 0.5) is 0 Å². The normalized spacial score (nSPS) is 24.0. The fraction of sp³-hybridized carbons (Fsp3) is 0.500. The highest BCUT2D eigenvalue weighted by molar-refractivity contribution is 5.97. The van der Waals surface area contributed by atoms with Gasteiger partial charge < -0.3 is 19.7 Å². The lowest BCUT2D eigenvalue weighted by molar-refractivity contribution is -0.0440. The minimum absolute atomic E-state index is 0.0133. The zero-order chi connectivity index (χ0) is 13.3. The Morgan fingerprint density at radius 1 is 1.50 bits per heavy atom. The average molecular weight is 252 g/mol. The third-order valence-electron chi connectivity index (χ3n) is 3.31. The van der Waals surface area contributed by atoms with Crippen molar-refractivity contribution in [3.05, 3.63) is 23.5 Å². The summed E-state index contributed by atoms with van der Waals surface area (Å²) in [6, 6.07) is 1.34. The molecule has 18 heavy (non-hydrogen) atoms. The van der Waals surface area contributed by atoms with E-state index in [4.69, 9.17) is 9.84 Å². The van der Waals surface area contributed by atoms with Crippen molar-refractivity contribution in [2.45, 2.75) is 26.0 Å². The Balaban J connectivity index is 2.17. The SMILES string of the molecule is CC1OCCN(C(=O)c2c[nH]c(C(=O)O)c2)C1C. The number of nitrogens with zero attached hydrogens (tertiary/aromatic N) is 1. The molecule has 2 heterocycles. The summed E-state index contributed by atoms with van der Waals surface area (Å²) in [5, 5.41) is 8.81. The highest BCUT2D eigenvalue weighted by Gasteiger charge is 2.30. The minimum Gasteiger partial charge on any atom is -0.477 e. The Kier molecular flexibility index (Phi) is 3.38. The summed E-state index contributed by atoms with van der Waals surface area (Å²) in [5.74, 6) is -1.24. The van der Waals surface area contributed by atoms with Crippen LogP contribution in [0.1, 0.15) is 34.7 Å². The maximum absolute atomic E-state index is 12.2. The number of aromatic nitrogens is 1. The number of hydrogen-bond donors (Lipinski definition) is 2. The molecule has 1 saturated heterocycles. The Hall–Kier alpha value is -1.82. The Bertz CT molecular complexity index is 468. The summed E-state index contributed by atoms with van der Waals surface area (Å²) >= 11 is 0. The molecule has 0 aliphatic carbocycles. The molecule has 1 aliphatic heterocycles. The number of carbonyl (C=O) groups excluding carboxylic acids is 1. The van der Waals surface area contributed by atoms with Crippen molar-refractivity contribution in [3.63, 3.8) is 0 Å². The van der Waals surface area contributed by atoms with Gasteiger partial charge in [-0.3, -0.25) is 4.79 Å². The van der Waals surface area contributed by atoms with Gasteiger partial charge in [0.25, 0.3) is 5.91 Å². The van der Waals surface area contributed by atoms with E-state index in [0.29, 0.717) is 18.7 Å². The maximum Gasteiger partial charge on any atom is 0.352 e. The molecule has 1 aromatic rings. The summed E-state index contributed by atoms with van der Waals surface area (Å²) < 4.78 is 5.45. The van der Waals surface area contributed by atoms with E-state index in [2.05, 4.69) is 4.98 Å². The molecule has 1 fully saturated rings. The molecule has 2 atom stereocenters. The van der Waals surface area contributed by atoms with Crippen molar-refractivity contribution in [3.8, 4) is 0 Å². The van der Waals surface area contributed by atoms with Crippen molar-refractivity contribution >= 4 is 11.9 Å². The quantitative estimate of drug-likeness (QED) is 0.821. The van der Waals surface area contributed by atoms with Crippen LogP contribution in [0.3, 0.4) is 0 Å². The van der Waals surface area contributed by atoms with Gasteiger partial charge in [-0.25, -0.2) is 4.79 Å². The number of aromatic carboxylic acids is 1. The lowest BCUT2D eigenvalue weighted by atomic mass is 10.1. The van der Waals surface area contributed by atoms with Gasteiger partial charge in [0.2, 0.25) is 0 Å². The number of H-pyrrole nitrogens is 1. The molecule has 98 valence electrons. The van der Waals surface area contributed by atoms with E-state index in [1.807, 2.05) is 13.8 Å². The number of aromatic amines is 1. The minimum atomic E-state index is -1.07. The molecular formula is C12H16N2O4. The monoisotopic (exact) mass is 252 g/mol. The molecule has 0 bridgehead atoms. The van der Waals surface area contributed by atoms with Crippen LogP contribution in [0.2, 0.25) is 0 Å². The van der Waals surface area contributed by atoms with Crippen LogP contribution in [0.15, 0.2) is 12.3 Å². The molecule has 2 N–H and O–H groups in total. The van der Waals surface area contributed by atoms with E-state index in [9.17, 15) is 9.59 Å². The van der Waals surface area contributed by atoms with Gasteiger partial charge in [-0.1, -0.05) is 0 Å². The molecule has 0 aromatic carbocycles. The number of rotatable bonds is 2. The van der Waals surface area contributed by atoms with Crippen LogP contribution >= 0.6 is 0 Å². The number of nitrogens with one attached hydrogen (secondary N) is 1.